The van der Waals surface area contributed by atoms with Gasteiger partial charge in [-0.2, -0.15) is 10.4 Å². The molecule has 1 atom stereocenters. The summed E-state index contributed by atoms with van der Waals surface area (Å²) in [5.41, 5.74) is 2.31. The molecule has 2 aliphatic rings. The highest BCUT2D eigenvalue weighted by molar-refractivity contribution is 5.76. The van der Waals surface area contributed by atoms with Gasteiger partial charge in [0.25, 0.3) is 0 Å². The first-order valence-electron chi connectivity index (χ1n) is 12.1. The Morgan fingerprint density at radius 3 is 2.31 bits per heavy atom. The molecule has 4 rings (SSSR count). The first-order valence-corrected chi connectivity index (χ1v) is 12.1. The highest BCUT2D eigenvalue weighted by Gasteiger charge is 2.36. The highest BCUT2D eigenvalue weighted by atomic mass is 16.6. The van der Waals surface area contributed by atoms with Gasteiger partial charge in [0.1, 0.15) is 40.2 Å². The summed E-state index contributed by atoms with van der Waals surface area (Å²) in [7, 11) is 3.24. The maximum atomic E-state index is 12.5. The molecule has 0 bridgehead atoms. The number of aromatic nitrogens is 2. The Morgan fingerprint density at radius 2 is 1.77 bits per heavy atom. The largest absolute Gasteiger partial charge is 0.496 e. The third kappa shape index (κ3) is 4.88. The van der Waals surface area contributed by atoms with Crippen LogP contribution in [0, 0.1) is 24.2 Å². The maximum Gasteiger partial charge on any atom is 0.410 e. The van der Waals surface area contributed by atoms with E-state index in [2.05, 4.69) is 11.4 Å². The van der Waals surface area contributed by atoms with Gasteiger partial charge in [0.05, 0.1) is 20.3 Å². The standard InChI is InChI=1S/C26H35N5O4/c1-16-21(33-5)13-18(14-22(16)34-6)23-19(15-27)24-28-10-7-20(31(24)29-23)17-8-11-30(12-9-17)25(32)35-26(2,3)4/h13-14,17,20,28H,7-12H2,1-6H3. The lowest BCUT2D eigenvalue weighted by atomic mass is 9.87. The van der Waals surface area contributed by atoms with Crippen molar-refractivity contribution in [3.05, 3.63) is 23.3 Å². The SMILES string of the molecule is COc1cc(-c2nn3c(c2C#N)NCCC3C2CCN(C(=O)OC(C)(C)C)CC2)cc(OC)c1C. The van der Waals surface area contributed by atoms with Gasteiger partial charge in [-0.25, -0.2) is 9.48 Å². The molecule has 188 valence electrons. The van der Waals surface area contributed by atoms with Crippen LogP contribution in [0.25, 0.3) is 11.3 Å². The number of ether oxygens (including phenoxy) is 3. The summed E-state index contributed by atoms with van der Waals surface area (Å²) in [6, 6.07) is 6.33. The minimum absolute atomic E-state index is 0.155. The third-order valence-corrected chi connectivity index (χ3v) is 6.83. The molecule has 9 nitrogen and oxygen atoms in total. The van der Waals surface area contributed by atoms with E-state index in [0.717, 1.165) is 42.8 Å². The number of carbonyl (C=O) groups is 1. The van der Waals surface area contributed by atoms with Crippen molar-refractivity contribution in [2.75, 3.05) is 39.2 Å². The average Bonchev–Trinajstić information content (AvgIpc) is 3.22. The van der Waals surface area contributed by atoms with Crippen LogP contribution in [0.2, 0.25) is 0 Å². The molecule has 0 aliphatic carbocycles. The minimum atomic E-state index is -0.502. The van der Waals surface area contributed by atoms with E-state index in [4.69, 9.17) is 19.3 Å². The molecule has 1 fully saturated rings. The van der Waals surface area contributed by atoms with E-state index in [9.17, 15) is 10.1 Å². The Bertz CT molecular complexity index is 1110. The Labute approximate surface area is 206 Å². The molecule has 0 radical (unpaired) electrons. The van der Waals surface area contributed by atoms with Crippen LogP contribution < -0.4 is 14.8 Å². The Kier molecular flexibility index (Phi) is 6.84. The number of likely N-dealkylation sites (tertiary alicyclic amines) is 1. The van der Waals surface area contributed by atoms with Crippen LogP contribution in [-0.2, 0) is 4.74 Å². The minimum Gasteiger partial charge on any atom is -0.496 e. The zero-order valence-corrected chi connectivity index (χ0v) is 21.5. The van der Waals surface area contributed by atoms with Crippen LogP contribution in [0.3, 0.4) is 0 Å². The first kappa shape index (κ1) is 24.7. The molecule has 1 saturated heterocycles. The van der Waals surface area contributed by atoms with Gasteiger partial charge in [-0.05, 0) is 65.0 Å². The van der Waals surface area contributed by atoms with Crippen molar-refractivity contribution in [3.8, 4) is 28.8 Å². The van der Waals surface area contributed by atoms with Gasteiger partial charge < -0.3 is 24.4 Å². The fourth-order valence-corrected chi connectivity index (χ4v) is 5.06. The predicted octanol–water partition coefficient (Wildman–Crippen LogP) is 4.75. The van der Waals surface area contributed by atoms with Gasteiger partial charge in [0.2, 0.25) is 0 Å². The maximum absolute atomic E-state index is 12.5. The lowest BCUT2D eigenvalue weighted by molar-refractivity contribution is 0.0157. The number of piperidine rings is 1. The summed E-state index contributed by atoms with van der Waals surface area (Å²) in [5, 5.41) is 18.4. The van der Waals surface area contributed by atoms with Crippen LogP contribution in [0.5, 0.6) is 11.5 Å². The lowest BCUT2D eigenvalue weighted by Crippen LogP contribution is -2.43. The third-order valence-electron chi connectivity index (χ3n) is 6.83. The van der Waals surface area contributed by atoms with E-state index in [0.29, 0.717) is 41.8 Å². The van der Waals surface area contributed by atoms with E-state index in [1.165, 1.54) is 0 Å². The average molecular weight is 482 g/mol. The highest BCUT2D eigenvalue weighted by Crippen LogP contribution is 2.41. The number of carbonyl (C=O) groups excluding carboxylic acids is 1. The van der Waals surface area contributed by atoms with Gasteiger partial charge in [-0.1, -0.05) is 0 Å². The quantitative estimate of drug-likeness (QED) is 0.672. The monoisotopic (exact) mass is 481 g/mol. The molecule has 1 aromatic carbocycles. The topological polar surface area (TPSA) is 102 Å². The number of hydrogen-bond acceptors (Lipinski definition) is 7. The van der Waals surface area contributed by atoms with E-state index < -0.39 is 5.60 Å². The number of nitrogens with zero attached hydrogens (tertiary/aromatic N) is 4. The summed E-state index contributed by atoms with van der Waals surface area (Å²) in [5.74, 6) is 2.49. The number of fused-ring (bicyclic) bond motifs is 1. The Hall–Kier alpha value is -3.41. The molecule has 1 unspecified atom stereocenters. The second kappa shape index (κ2) is 9.68. The molecule has 1 aromatic heterocycles. The van der Waals surface area contributed by atoms with Gasteiger partial charge in [-0.3, -0.25) is 0 Å². The molecule has 2 aromatic rings. The van der Waals surface area contributed by atoms with E-state index >= 15 is 0 Å². The second-order valence-corrected chi connectivity index (χ2v) is 10.2. The van der Waals surface area contributed by atoms with Gasteiger partial charge >= 0.3 is 6.09 Å². The summed E-state index contributed by atoms with van der Waals surface area (Å²) in [6.07, 6.45) is 2.40. The molecular formula is C26H35N5O4. The molecule has 1 N–H and O–H groups in total. The zero-order valence-electron chi connectivity index (χ0n) is 21.5. The molecule has 35 heavy (non-hydrogen) atoms. The molecule has 1 amide bonds. The zero-order chi connectivity index (χ0) is 25.3. The number of anilines is 1. The molecule has 3 heterocycles. The van der Waals surface area contributed by atoms with Crippen LogP contribution in [-0.4, -0.2) is 60.2 Å². The normalized spacial score (nSPS) is 18.3. The first-order chi connectivity index (χ1) is 16.7. The van der Waals surface area contributed by atoms with Crippen LogP contribution in [0.15, 0.2) is 12.1 Å². The van der Waals surface area contributed by atoms with E-state index in [1.54, 1.807) is 19.1 Å². The smallest absolute Gasteiger partial charge is 0.410 e. The van der Waals surface area contributed by atoms with Crippen LogP contribution in [0.4, 0.5) is 10.6 Å². The Balaban J connectivity index is 1.61. The number of hydrogen-bond donors (Lipinski definition) is 1. The summed E-state index contributed by atoms with van der Waals surface area (Å²) in [6.45, 7) is 9.68. The van der Waals surface area contributed by atoms with Crippen LogP contribution >= 0.6 is 0 Å². The molecule has 2 aliphatic heterocycles. The summed E-state index contributed by atoms with van der Waals surface area (Å²) >= 11 is 0. The number of rotatable bonds is 4. The summed E-state index contributed by atoms with van der Waals surface area (Å²) < 4.78 is 18.6. The van der Waals surface area contributed by atoms with Crippen molar-refractivity contribution in [3.63, 3.8) is 0 Å². The Morgan fingerprint density at radius 1 is 1.14 bits per heavy atom. The van der Waals surface area contributed by atoms with Crippen molar-refractivity contribution in [1.29, 1.82) is 5.26 Å². The number of nitriles is 1. The van der Waals surface area contributed by atoms with Crippen molar-refractivity contribution < 1.29 is 19.0 Å². The van der Waals surface area contributed by atoms with E-state index in [-0.39, 0.29) is 12.1 Å². The van der Waals surface area contributed by atoms with Crippen LogP contribution in [0.1, 0.15) is 57.2 Å². The molecule has 0 saturated carbocycles. The lowest BCUT2D eigenvalue weighted by Gasteiger charge is -2.38. The fraction of sp³-hybridized carbons (Fsp3) is 0.577. The molecule has 9 heteroatoms. The van der Waals surface area contributed by atoms with E-state index in [1.807, 2.05) is 44.5 Å². The van der Waals surface area contributed by atoms with Crippen molar-refractivity contribution in [1.82, 2.24) is 14.7 Å². The summed E-state index contributed by atoms with van der Waals surface area (Å²) in [4.78, 5) is 14.3. The van der Waals surface area contributed by atoms with Crippen molar-refractivity contribution in [2.45, 2.75) is 58.6 Å². The van der Waals surface area contributed by atoms with Crippen molar-refractivity contribution in [2.24, 2.45) is 5.92 Å². The van der Waals surface area contributed by atoms with Crippen molar-refractivity contribution >= 4 is 11.9 Å². The predicted molar refractivity (Wildman–Crippen MR) is 133 cm³/mol. The molecular weight excluding hydrogens is 446 g/mol. The van der Waals surface area contributed by atoms with Gasteiger partial charge in [-0.15, -0.1) is 0 Å². The number of methoxy groups -OCH3 is 2. The number of amides is 1. The number of benzene rings is 1. The fourth-order valence-electron chi connectivity index (χ4n) is 5.06. The molecule has 0 spiro atoms. The second-order valence-electron chi connectivity index (χ2n) is 10.2. The van der Waals surface area contributed by atoms with Gasteiger partial charge in [0.15, 0.2) is 0 Å². The number of nitrogens with one attached hydrogen (secondary N) is 1. The van der Waals surface area contributed by atoms with Gasteiger partial charge in [0, 0.05) is 30.8 Å².